The van der Waals surface area contributed by atoms with Crippen molar-refractivity contribution in [2.45, 2.75) is 56.6 Å². The van der Waals surface area contributed by atoms with E-state index in [-0.39, 0.29) is 0 Å². The van der Waals surface area contributed by atoms with Gasteiger partial charge >= 0.3 is 0 Å². The van der Waals surface area contributed by atoms with Crippen LogP contribution in [-0.2, 0) is 0 Å². The number of thioether (sulfide) groups is 1. The molecule has 2 aromatic carbocycles. The number of benzene rings is 2. The molecule has 2 atom stereocenters. The van der Waals surface area contributed by atoms with Crippen molar-refractivity contribution in [1.82, 2.24) is 14.5 Å². The van der Waals surface area contributed by atoms with Crippen LogP contribution in [0.4, 0.5) is 0 Å². The molecule has 0 radical (unpaired) electrons. The highest BCUT2D eigenvalue weighted by atomic mass is 32.2. The second-order valence-electron chi connectivity index (χ2n) is 9.36. The number of fused-ring (bicyclic) bond motifs is 2. The minimum Gasteiger partial charge on any atom is -0.316 e. The van der Waals surface area contributed by atoms with E-state index in [4.69, 9.17) is 9.97 Å². The van der Waals surface area contributed by atoms with Crippen LogP contribution < -0.4 is 0 Å². The van der Waals surface area contributed by atoms with Gasteiger partial charge < -0.3 is 4.57 Å². The van der Waals surface area contributed by atoms with Gasteiger partial charge in [-0.2, -0.15) is 0 Å². The third kappa shape index (κ3) is 4.24. The molecule has 0 bridgehead atoms. The molecular weight excluding hydrogens is 458 g/mol. The summed E-state index contributed by atoms with van der Waals surface area (Å²) in [6.45, 7) is 12.7. The van der Waals surface area contributed by atoms with E-state index in [1.54, 1.807) is 0 Å². The molecule has 4 aromatic rings. The predicted octanol–water partition coefficient (Wildman–Crippen LogP) is 8.92. The maximum atomic E-state index is 5.27. The standard InChI is InChI=1S/C32H33N3S/c1-6-9-11-15-23(7-2)30-31-29(22(5)27(8-3)36-31)33-32(34-30)25-18-14-19-26-28(25)21(4)20-35(26)24-16-12-10-13-17-24/h6-10,12-14,16-20,22,27H,3,11,15H2,1-2,4-5H3. The maximum absolute atomic E-state index is 5.27. The first-order valence-electron chi connectivity index (χ1n) is 12.7. The van der Waals surface area contributed by atoms with Gasteiger partial charge in [-0.25, -0.2) is 9.97 Å². The van der Waals surface area contributed by atoms with Crippen molar-refractivity contribution in [2.24, 2.45) is 0 Å². The highest BCUT2D eigenvalue weighted by Crippen LogP contribution is 2.49. The average Bonchev–Trinajstić information content (AvgIpc) is 3.43. The summed E-state index contributed by atoms with van der Waals surface area (Å²) in [6, 6.07) is 17.0. The fourth-order valence-electron chi connectivity index (χ4n) is 5.15. The van der Waals surface area contributed by atoms with Crippen molar-refractivity contribution in [2.75, 3.05) is 0 Å². The summed E-state index contributed by atoms with van der Waals surface area (Å²) in [7, 11) is 0. The summed E-state index contributed by atoms with van der Waals surface area (Å²) in [4.78, 5) is 11.7. The number of allylic oxidation sites excluding steroid dienone is 4. The Morgan fingerprint density at radius 2 is 1.89 bits per heavy atom. The number of hydrogen-bond acceptors (Lipinski definition) is 3. The summed E-state index contributed by atoms with van der Waals surface area (Å²) in [5.41, 5.74) is 8.15. The lowest BCUT2D eigenvalue weighted by Crippen LogP contribution is -2.06. The Labute approximate surface area is 218 Å². The summed E-state index contributed by atoms with van der Waals surface area (Å²) >= 11 is 1.86. The largest absolute Gasteiger partial charge is 0.316 e. The predicted molar refractivity (Wildman–Crippen MR) is 155 cm³/mol. The Morgan fingerprint density at radius 3 is 2.61 bits per heavy atom. The van der Waals surface area contributed by atoms with Gasteiger partial charge in [0, 0.05) is 34.0 Å². The van der Waals surface area contributed by atoms with E-state index >= 15 is 0 Å². The molecule has 36 heavy (non-hydrogen) atoms. The molecule has 182 valence electrons. The summed E-state index contributed by atoms with van der Waals surface area (Å²) in [5, 5.41) is 1.52. The average molecular weight is 492 g/mol. The lowest BCUT2D eigenvalue weighted by Gasteiger charge is -2.14. The summed E-state index contributed by atoms with van der Waals surface area (Å²) in [6.07, 6.45) is 12.8. The van der Waals surface area contributed by atoms with Crippen molar-refractivity contribution >= 4 is 28.2 Å². The Kier molecular flexibility index (Phi) is 6.97. The van der Waals surface area contributed by atoms with Gasteiger partial charge in [0.2, 0.25) is 0 Å². The number of nitrogens with zero attached hydrogens (tertiary/aromatic N) is 3. The molecule has 4 heteroatoms. The summed E-state index contributed by atoms with van der Waals surface area (Å²) in [5.74, 6) is 1.11. The van der Waals surface area contributed by atoms with Crippen LogP contribution in [0.1, 0.15) is 56.5 Å². The van der Waals surface area contributed by atoms with Gasteiger partial charge in [0.05, 0.1) is 21.8 Å². The fraction of sp³-hybridized carbons (Fsp3) is 0.250. The first-order chi connectivity index (χ1) is 17.6. The van der Waals surface area contributed by atoms with Crippen LogP contribution in [0.2, 0.25) is 0 Å². The second kappa shape index (κ2) is 10.3. The maximum Gasteiger partial charge on any atom is 0.160 e. The lowest BCUT2D eigenvalue weighted by atomic mass is 9.98. The molecule has 2 aromatic heterocycles. The highest BCUT2D eigenvalue weighted by Gasteiger charge is 2.34. The molecule has 2 unspecified atom stereocenters. The zero-order valence-corrected chi connectivity index (χ0v) is 22.3. The third-order valence-electron chi connectivity index (χ3n) is 7.07. The molecule has 1 aliphatic rings. The molecule has 0 aliphatic carbocycles. The Bertz CT molecular complexity index is 1480. The number of para-hydroxylation sites is 1. The normalized spacial score (nSPS) is 17.7. The van der Waals surface area contributed by atoms with Gasteiger partial charge in [-0.15, -0.1) is 18.3 Å². The first kappa shape index (κ1) is 24.3. The van der Waals surface area contributed by atoms with Crippen LogP contribution in [0, 0.1) is 6.92 Å². The molecule has 0 fully saturated rings. The van der Waals surface area contributed by atoms with E-state index < -0.39 is 0 Å². The van der Waals surface area contributed by atoms with E-state index in [9.17, 15) is 0 Å². The van der Waals surface area contributed by atoms with Gasteiger partial charge in [0.25, 0.3) is 0 Å². The Balaban J connectivity index is 1.71. The van der Waals surface area contributed by atoms with E-state index in [0.29, 0.717) is 11.2 Å². The number of aromatic nitrogens is 3. The van der Waals surface area contributed by atoms with E-state index in [2.05, 4.69) is 118 Å². The van der Waals surface area contributed by atoms with Crippen LogP contribution in [0.25, 0.3) is 33.6 Å². The van der Waals surface area contributed by atoms with E-state index in [0.717, 1.165) is 41.3 Å². The molecule has 3 heterocycles. The molecule has 0 amide bonds. The molecule has 0 saturated heterocycles. The third-order valence-corrected chi connectivity index (χ3v) is 8.58. The van der Waals surface area contributed by atoms with Crippen molar-refractivity contribution in [3.05, 3.63) is 103 Å². The van der Waals surface area contributed by atoms with Crippen LogP contribution in [-0.4, -0.2) is 19.8 Å². The molecule has 0 saturated carbocycles. The highest BCUT2D eigenvalue weighted by molar-refractivity contribution is 8.00. The zero-order chi connectivity index (χ0) is 25.2. The molecular formula is C32H33N3S. The lowest BCUT2D eigenvalue weighted by molar-refractivity contribution is 0.761. The summed E-state index contributed by atoms with van der Waals surface area (Å²) < 4.78 is 2.27. The minimum absolute atomic E-state index is 0.297. The molecule has 0 N–H and O–H groups in total. The van der Waals surface area contributed by atoms with Crippen molar-refractivity contribution < 1.29 is 0 Å². The Morgan fingerprint density at radius 1 is 1.08 bits per heavy atom. The van der Waals surface area contributed by atoms with Gasteiger partial charge in [0.15, 0.2) is 5.82 Å². The second-order valence-corrected chi connectivity index (χ2v) is 10.5. The number of aryl methyl sites for hydroxylation is 1. The minimum atomic E-state index is 0.297. The van der Waals surface area contributed by atoms with Gasteiger partial charge in [-0.1, -0.05) is 61.6 Å². The zero-order valence-electron chi connectivity index (χ0n) is 21.5. The van der Waals surface area contributed by atoms with Crippen LogP contribution in [0.3, 0.4) is 0 Å². The van der Waals surface area contributed by atoms with Crippen molar-refractivity contribution in [3.8, 4) is 17.1 Å². The first-order valence-corrected chi connectivity index (χ1v) is 13.6. The molecule has 3 nitrogen and oxygen atoms in total. The van der Waals surface area contributed by atoms with Gasteiger partial charge in [-0.05, 0) is 62.9 Å². The molecule has 0 spiro atoms. The Hall–Kier alpha value is -3.37. The van der Waals surface area contributed by atoms with Crippen LogP contribution in [0.15, 0.2) is 90.5 Å². The fourth-order valence-corrected chi connectivity index (χ4v) is 6.50. The van der Waals surface area contributed by atoms with Crippen LogP contribution >= 0.6 is 11.8 Å². The van der Waals surface area contributed by atoms with Crippen molar-refractivity contribution in [1.29, 1.82) is 0 Å². The topological polar surface area (TPSA) is 30.7 Å². The number of hydrogen-bond donors (Lipinski definition) is 0. The molecule has 1 aliphatic heterocycles. The van der Waals surface area contributed by atoms with Gasteiger partial charge in [0.1, 0.15) is 0 Å². The number of rotatable bonds is 7. The smallest absolute Gasteiger partial charge is 0.160 e. The SMILES string of the molecule is C=CC1Sc2c(C(=CC)CCC=CC)nc(-c3cccc4c3c(C)cn4-c3ccccc3)nc2C1C. The monoisotopic (exact) mass is 491 g/mol. The van der Waals surface area contributed by atoms with E-state index in [1.165, 1.54) is 26.9 Å². The molecule has 5 rings (SSSR count). The van der Waals surface area contributed by atoms with Crippen LogP contribution in [0.5, 0.6) is 0 Å². The van der Waals surface area contributed by atoms with E-state index in [1.807, 2.05) is 11.8 Å². The van der Waals surface area contributed by atoms with Gasteiger partial charge in [-0.3, -0.25) is 0 Å². The quantitative estimate of drug-likeness (QED) is 0.242. The van der Waals surface area contributed by atoms with Crippen molar-refractivity contribution in [3.63, 3.8) is 0 Å².